The minimum Gasteiger partial charge on any atom is -0.337 e. The van der Waals surface area contributed by atoms with Gasteiger partial charge in [-0.2, -0.15) is 4.98 Å². The molecule has 0 radical (unpaired) electrons. The summed E-state index contributed by atoms with van der Waals surface area (Å²) in [6.07, 6.45) is 5.12. The zero-order valence-corrected chi connectivity index (χ0v) is 17.2. The number of hydrogen-bond acceptors (Lipinski definition) is 6. The normalized spacial score (nSPS) is 20.5. The lowest BCUT2D eigenvalue weighted by Crippen LogP contribution is -2.36. The zero-order valence-electron chi connectivity index (χ0n) is 16.5. The van der Waals surface area contributed by atoms with Gasteiger partial charge in [0, 0.05) is 30.6 Å². The van der Waals surface area contributed by atoms with Crippen molar-refractivity contribution in [1.29, 1.82) is 0 Å². The van der Waals surface area contributed by atoms with Crippen LogP contribution in [0.15, 0.2) is 40.9 Å². The average molecular weight is 429 g/mol. The molecular formula is C21H21ClN4O4. The summed E-state index contributed by atoms with van der Waals surface area (Å²) in [4.78, 5) is 44.5. The number of aromatic nitrogens is 2. The molecule has 2 aliphatic rings. The Bertz CT molecular complexity index is 975. The highest BCUT2D eigenvalue weighted by Crippen LogP contribution is 2.35. The number of hydrogen-bond donors (Lipinski definition) is 0. The second-order valence-electron chi connectivity index (χ2n) is 7.50. The molecule has 0 spiro atoms. The second-order valence-corrected chi connectivity index (χ2v) is 7.94. The minimum absolute atomic E-state index is 0.0546. The van der Waals surface area contributed by atoms with E-state index in [0.717, 1.165) is 5.56 Å². The van der Waals surface area contributed by atoms with E-state index in [4.69, 9.17) is 16.1 Å². The Hall–Kier alpha value is -3.00. The van der Waals surface area contributed by atoms with Crippen molar-refractivity contribution in [3.8, 4) is 11.4 Å². The summed E-state index contributed by atoms with van der Waals surface area (Å²) in [5.41, 5.74) is 0.755. The predicted molar refractivity (Wildman–Crippen MR) is 108 cm³/mol. The van der Waals surface area contributed by atoms with E-state index < -0.39 is 0 Å². The lowest BCUT2D eigenvalue weighted by atomic mass is 9.85. The number of fused-ring (bicyclic) bond motifs is 1. The Labute approximate surface area is 178 Å². The first-order chi connectivity index (χ1) is 14.4. The molecule has 1 aromatic carbocycles. The Kier molecular flexibility index (Phi) is 5.67. The Morgan fingerprint density at radius 1 is 1.17 bits per heavy atom. The van der Waals surface area contributed by atoms with E-state index in [1.165, 1.54) is 9.80 Å². The molecule has 2 heterocycles. The van der Waals surface area contributed by atoms with Crippen LogP contribution in [0.25, 0.3) is 11.4 Å². The molecule has 1 aromatic heterocycles. The quantitative estimate of drug-likeness (QED) is 0.518. The molecule has 2 atom stereocenters. The molecule has 0 saturated carbocycles. The van der Waals surface area contributed by atoms with Crippen molar-refractivity contribution < 1.29 is 18.9 Å². The van der Waals surface area contributed by atoms with Gasteiger partial charge >= 0.3 is 0 Å². The first-order valence-electron chi connectivity index (χ1n) is 9.76. The topological polar surface area (TPSA) is 96.6 Å². The third-order valence-corrected chi connectivity index (χ3v) is 5.77. The Balaban J connectivity index is 1.32. The standard InChI is InChI=1S/C21H21ClN4O4/c1-25(12-17-23-19(24-30-17)13-6-8-14(22)9-7-13)18(27)10-11-26-20(28)15-4-2-3-5-16(15)21(26)29/h2-3,6-9,15-16H,4-5,10-12H2,1H3/t15-,16+. The van der Waals surface area contributed by atoms with Gasteiger partial charge in [-0.1, -0.05) is 28.9 Å². The summed E-state index contributed by atoms with van der Waals surface area (Å²) >= 11 is 5.88. The monoisotopic (exact) mass is 428 g/mol. The molecule has 1 fully saturated rings. The number of halogens is 1. The number of amides is 3. The molecule has 1 aliphatic heterocycles. The van der Waals surface area contributed by atoms with Crippen molar-refractivity contribution >= 4 is 29.3 Å². The molecule has 0 N–H and O–H groups in total. The fourth-order valence-corrected chi connectivity index (χ4v) is 3.94. The van der Waals surface area contributed by atoms with Gasteiger partial charge < -0.3 is 9.42 Å². The Morgan fingerprint density at radius 3 is 2.43 bits per heavy atom. The minimum atomic E-state index is -0.278. The van der Waals surface area contributed by atoms with Gasteiger partial charge in [0.2, 0.25) is 29.4 Å². The van der Waals surface area contributed by atoms with Gasteiger partial charge in [0.05, 0.1) is 18.4 Å². The van der Waals surface area contributed by atoms with E-state index in [1.54, 1.807) is 31.3 Å². The number of imide groups is 1. The van der Waals surface area contributed by atoms with Crippen LogP contribution in [-0.2, 0) is 20.9 Å². The highest BCUT2D eigenvalue weighted by atomic mass is 35.5. The van der Waals surface area contributed by atoms with Crippen LogP contribution in [0, 0.1) is 11.8 Å². The molecule has 1 aliphatic carbocycles. The van der Waals surface area contributed by atoms with E-state index in [9.17, 15) is 14.4 Å². The highest BCUT2D eigenvalue weighted by Gasteiger charge is 2.46. The van der Waals surface area contributed by atoms with Crippen LogP contribution < -0.4 is 0 Å². The van der Waals surface area contributed by atoms with Gasteiger partial charge in [-0.05, 0) is 37.1 Å². The van der Waals surface area contributed by atoms with Gasteiger partial charge in [-0.3, -0.25) is 19.3 Å². The van der Waals surface area contributed by atoms with E-state index in [0.29, 0.717) is 29.6 Å². The van der Waals surface area contributed by atoms with Crippen LogP contribution in [0.2, 0.25) is 5.02 Å². The molecule has 3 amide bonds. The molecule has 156 valence electrons. The number of benzene rings is 1. The first kappa shape index (κ1) is 20.3. The molecule has 8 nitrogen and oxygen atoms in total. The summed E-state index contributed by atoms with van der Waals surface area (Å²) in [5, 5.41) is 4.54. The van der Waals surface area contributed by atoms with Gasteiger partial charge in [0.25, 0.3) is 0 Å². The molecule has 30 heavy (non-hydrogen) atoms. The number of likely N-dealkylation sites (tertiary alicyclic amines) is 1. The van der Waals surface area contributed by atoms with Crippen LogP contribution in [0.4, 0.5) is 0 Å². The van der Waals surface area contributed by atoms with E-state index in [1.807, 2.05) is 12.2 Å². The van der Waals surface area contributed by atoms with Crippen molar-refractivity contribution in [3.05, 3.63) is 47.3 Å². The molecular weight excluding hydrogens is 408 g/mol. The lowest BCUT2D eigenvalue weighted by molar-refractivity contribution is -0.140. The zero-order chi connectivity index (χ0) is 21.3. The van der Waals surface area contributed by atoms with Crippen molar-refractivity contribution in [3.63, 3.8) is 0 Å². The van der Waals surface area contributed by atoms with Crippen molar-refractivity contribution in [1.82, 2.24) is 19.9 Å². The van der Waals surface area contributed by atoms with Crippen LogP contribution in [0.1, 0.15) is 25.2 Å². The van der Waals surface area contributed by atoms with Crippen LogP contribution in [-0.4, -0.2) is 51.3 Å². The SMILES string of the molecule is CN(Cc1nc(-c2ccc(Cl)cc2)no1)C(=O)CCN1C(=O)[C@H]2CC=CC[C@H]2C1=O. The summed E-state index contributed by atoms with van der Waals surface area (Å²) in [7, 11) is 1.62. The maximum absolute atomic E-state index is 12.5. The average Bonchev–Trinajstić information content (AvgIpc) is 3.30. The van der Waals surface area contributed by atoms with Crippen LogP contribution >= 0.6 is 11.6 Å². The maximum atomic E-state index is 12.5. The Morgan fingerprint density at radius 2 is 1.80 bits per heavy atom. The maximum Gasteiger partial charge on any atom is 0.246 e. The summed E-state index contributed by atoms with van der Waals surface area (Å²) in [6.45, 7) is 0.226. The number of rotatable bonds is 6. The number of allylic oxidation sites excluding steroid dienone is 2. The fourth-order valence-electron chi connectivity index (χ4n) is 3.81. The highest BCUT2D eigenvalue weighted by molar-refractivity contribution is 6.30. The van der Waals surface area contributed by atoms with E-state index >= 15 is 0 Å². The molecule has 0 bridgehead atoms. The molecule has 1 saturated heterocycles. The van der Waals surface area contributed by atoms with Crippen molar-refractivity contribution in [2.45, 2.75) is 25.8 Å². The van der Waals surface area contributed by atoms with E-state index in [-0.39, 0.29) is 49.1 Å². The fraction of sp³-hybridized carbons (Fsp3) is 0.381. The number of nitrogens with zero attached hydrogens (tertiary/aromatic N) is 4. The third kappa shape index (κ3) is 4.00. The van der Waals surface area contributed by atoms with Crippen LogP contribution in [0.3, 0.4) is 0 Å². The van der Waals surface area contributed by atoms with Crippen molar-refractivity contribution in [2.24, 2.45) is 11.8 Å². The summed E-state index contributed by atoms with van der Waals surface area (Å²) < 4.78 is 5.23. The summed E-state index contributed by atoms with van der Waals surface area (Å²) in [5.74, 6) is -0.410. The molecule has 0 unspecified atom stereocenters. The van der Waals surface area contributed by atoms with Crippen molar-refractivity contribution in [2.75, 3.05) is 13.6 Å². The first-order valence-corrected chi connectivity index (χ1v) is 10.1. The number of carbonyl (C=O) groups excluding carboxylic acids is 3. The van der Waals surface area contributed by atoms with Gasteiger partial charge in [-0.15, -0.1) is 0 Å². The van der Waals surface area contributed by atoms with Gasteiger partial charge in [-0.25, -0.2) is 0 Å². The lowest BCUT2D eigenvalue weighted by Gasteiger charge is -2.18. The number of carbonyl (C=O) groups is 3. The van der Waals surface area contributed by atoms with Gasteiger partial charge in [0.15, 0.2) is 0 Å². The third-order valence-electron chi connectivity index (χ3n) is 5.52. The van der Waals surface area contributed by atoms with Gasteiger partial charge in [0.1, 0.15) is 0 Å². The predicted octanol–water partition coefficient (Wildman–Crippen LogP) is 2.69. The molecule has 2 aromatic rings. The van der Waals surface area contributed by atoms with E-state index in [2.05, 4.69) is 10.1 Å². The largest absolute Gasteiger partial charge is 0.337 e. The smallest absolute Gasteiger partial charge is 0.246 e. The summed E-state index contributed by atoms with van der Waals surface area (Å²) in [6, 6.07) is 7.03. The second kappa shape index (κ2) is 8.39. The molecule has 9 heteroatoms. The molecule has 4 rings (SSSR count). The van der Waals surface area contributed by atoms with Crippen LogP contribution in [0.5, 0.6) is 0 Å².